The van der Waals surface area contributed by atoms with Crippen LogP contribution in [0.3, 0.4) is 0 Å². The van der Waals surface area contributed by atoms with Crippen LogP contribution in [0.15, 0.2) is 20.1 Å². The zero-order chi connectivity index (χ0) is 7.78. The van der Waals surface area contributed by atoms with Gasteiger partial charge in [-0.1, -0.05) is 3.89 Å². The summed E-state index contributed by atoms with van der Waals surface area (Å²) in [6.45, 7) is 0. The van der Waals surface area contributed by atoms with E-state index in [0.29, 0.717) is 3.79 Å². The molecule has 1 heterocycles. The number of rotatable bonds is 1. The van der Waals surface area contributed by atoms with E-state index in [1.54, 1.807) is 0 Å². The molecule has 0 fully saturated rings. The summed E-state index contributed by atoms with van der Waals surface area (Å²) in [6.07, 6.45) is 0. The van der Waals surface area contributed by atoms with Crippen molar-refractivity contribution in [3.05, 3.63) is 15.9 Å². The molecule has 0 amide bonds. The van der Waals surface area contributed by atoms with Crippen LogP contribution in [-0.2, 0) is 10.2 Å². The first-order valence-electron chi connectivity index (χ1n) is 2.20. The lowest BCUT2D eigenvalue weighted by Gasteiger charge is -1.82. The standard InChI is InChI=1S/C4H2BrFO2S2/c5-3-1-2-4(9-3)10(6,7)8/h1-2H. The van der Waals surface area contributed by atoms with E-state index in [9.17, 15) is 12.3 Å². The van der Waals surface area contributed by atoms with Gasteiger partial charge in [0.1, 0.15) is 0 Å². The highest BCUT2D eigenvalue weighted by Crippen LogP contribution is 2.26. The van der Waals surface area contributed by atoms with E-state index < -0.39 is 10.2 Å². The monoisotopic (exact) mass is 244 g/mol. The van der Waals surface area contributed by atoms with Crippen molar-refractivity contribution < 1.29 is 12.3 Å². The summed E-state index contributed by atoms with van der Waals surface area (Å²) >= 11 is 3.86. The van der Waals surface area contributed by atoms with Crippen LogP contribution in [0.5, 0.6) is 0 Å². The molecule has 2 nitrogen and oxygen atoms in total. The molecule has 0 bridgehead atoms. The molecule has 1 rings (SSSR count). The topological polar surface area (TPSA) is 34.1 Å². The van der Waals surface area contributed by atoms with Crippen LogP contribution in [0.4, 0.5) is 3.89 Å². The average Bonchev–Trinajstić information content (AvgIpc) is 2.11. The molecule has 0 spiro atoms. The molecular formula is C4H2BrFO2S2. The van der Waals surface area contributed by atoms with Crippen LogP contribution >= 0.6 is 27.3 Å². The maximum absolute atomic E-state index is 12.1. The minimum atomic E-state index is -4.49. The second-order valence-electron chi connectivity index (χ2n) is 1.50. The Labute approximate surface area is 70.0 Å². The molecule has 0 aliphatic heterocycles. The Morgan fingerprint density at radius 3 is 2.30 bits per heavy atom. The van der Waals surface area contributed by atoms with Crippen molar-refractivity contribution in [2.45, 2.75) is 4.21 Å². The van der Waals surface area contributed by atoms with Crippen molar-refractivity contribution in [3.63, 3.8) is 0 Å². The first kappa shape index (κ1) is 8.16. The van der Waals surface area contributed by atoms with Gasteiger partial charge in [0, 0.05) is 0 Å². The van der Waals surface area contributed by atoms with Crippen molar-refractivity contribution in [3.8, 4) is 0 Å². The van der Waals surface area contributed by atoms with Crippen molar-refractivity contribution >= 4 is 37.5 Å². The molecule has 0 aromatic carbocycles. The fourth-order valence-electron chi connectivity index (χ4n) is 0.429. The molecule has 6 heteroatoms. The van der Waals surface area contributed by atoms with Gasteiger partial charge >= 0.3 is 10.2 Å². The van der Waals surface area contributed by atoms with E-state index in [2.05, 4.69) is 15.9 Å². The van der Waals surface area contributed by atoms with Crippen molar-refractivity contribution in [1.82, 2.24) is 0 Å². The zero-order valence-electron chi connectivity index (χ0n) is 4.54. The number of thiophene rings is 1. The predicted molar refractivity (Wildman–Crippen MR) is 40.3 cm³/mol. The van der Waals surface area contributed by atoms with Gasteiger partial charge in [-0.05, 0) is 28.1 Å². The lowest BCUT2D eigenvalue weighted by Crippen LogP contribution is -1.84. The van der Waals surface area contributed by atoms with Gasteiger partial charge in [-0.25, -0.2) is 0 Å². The highest BCUT2D eigenvalue weighted by Gasteiger charge is 2.13. The first-order chi connectivity index (χ1) is 4.50. The van der Waals surface area contributed by atoms with Gasteiger partial charge in [0.2, 0.25) is 0 Å². The molecule has 1 aromatic heterocycles. The molecule has 0 N–H and O–H groups in total. The highest BCUT2D eigenvalue weighted by atomic mass is 79.9. The minimum Gasteiger partial charge on any atom is -0.188 e. The van der Waals surface area contributed by atoms with Crippen LogP contribution in [0.2, 0.25) is 0 Å². The molecule has 0 saturated heterocycles. The second-order valence-corrected chi connectivity index (χ2v) is 5.53. The van der Waals surface area contributed by atoms with E-state index in [1.807, 2.05) is 0 Å². The van der Waals surface area contributed by atoms with E-state index in [4.69, 9.17) is 0 Å². The van der Waals surface area contributed by atoms with Crippen LogP contribution in [0.1, 0.15) is 0 Å². The molecule has 0 atom stereocenters. The van der Waals surface area contributed by atoms with E-state index in [1.165, 1.54) is 12.1 Å². The number of hydrogen-bond acceptors (Lipinski definition) is 3. The lowest BCUT2D eigenvalue weighted by molar-refractivity contribution is 0.554. The molecule has 0 radical (unpaired) electrons. The van der Waals surface area contributed by atoms with Gasteiger partial charge in [-0.2, -0.15) is 8.42 Å². The van der Waals surface area contributed by atoms with Gasteiger partial charge in [-0.3, -0.25) is 0 Å². The van der Waals surface area contributed by atoms with Crippen molar-refractivity contribution in [1.29, 1.82) is 0 Å². The number of hydrogen-bond donors (Lipinski definition) is 0. The van der Waals surface area contributed by atoms with Gasteiger partial charge in [-0.15, -0.1) is 11.3 Å². The highest BCUT2D eigenvalue weighted by molar-refractivity contribution is 9.11. The Hall–Kier alpha value is 0.0600. The summed E-state index contributed by atoms with van der Waals surface area (Å²) < 4.78 is 32.8. The second kappa shape index (κ2) is 2.60. The quantitative estimate of drug-likeness (QED) is 0.710. The molecule has 1 aromatic rings. The zero-order valence-corrected chi connectivity index (χ0v) is 7.76. The van der Waals surface area contributed by atoms with Crippen LogP contribution < -0.4 is 0 Å². The Kier molecular flexibility index (Phi) is 2.12. The Balaban J connectivity index is 3.21. The third-order valence-corrected chi connectivity index (χ3v) is 3.67. The van der Waals surface area contributed by atoms with Gasteiger partial charge in [0.25, 0.3) is 0 Å². The summed E-state index contributed by atoms with van der Waals surface area (Å²) in [5.41, 5.74) is 0. The average molecular weight is 245 g/mol. The normalized spacial score (nSPS) is 11.8. The maximum Gasteiger partial charge on any atom is 0.341 e. The predicted octanol–water partition coefficient (Wildman–Crippen LogP) is 2.17. The first-order valence-corrected chi connectivity index (χ1v) is 5.19. The molecule has 0 aliphatic carbocycles. The van der Waals surface area contributed by atoms with Gasteiger partial charge < -0.3 is 0 Å². The number of halogens is 2. The molecule has 0 saturated carbocycles. The van der Waals surface area contributed by atoms with Gasteiger partial charge in [0.05, 0.1) is 3.79 Å². The third kappa shape index (κ3) is 1.77. The summed E-state index contributed by atoms with van der Waals surface area (Å²) in [5.74, 6) is 0. The fourth-order valence-corrected chi connectivity index (χ4v) is 2.77. The van der Waals surface area contributed by atoms with E-state index in [0.717, 1.165) is 11.3 Å². The molecule has 0 unspecified atom stereocenters. The molecule has 10 heavy (non-hydrogen) atoms. The van der Waals surface area contributed by atoms with E-state index >= 15 is 0 Å². The van der Waals surface area contributed by atoms with E-state index in [-0.39, 0.29) is 4.21 Å². The van der Waals surface area contributed by atoms with Crippen molar-refractivity contribution in [2.24, 2.45) is 0 Å². The Morgan fingerprint density at radius 1 is 1.50 bits per heavy atom. The Bertz CT molecular complexity index is 329. The van der Waals surface area contributed by atoms with Crippen molar-refractivity contribution in [2.75, 3.05) is 0 Å². The third-order valence-electron chi connectivity index (χ3n) is 0.789. The summed E-state index contributed by atoms with van der Waals surface area (Å²) in [5, 5.41) is 0. The minimum absolute atomic E-state index is 0.264. The van der Waals surface area contributed by atoms with Crippen LogP contribution in [-0.4, -0.2) is 8.42 Å². The Morgan fingerprint density at radius 2 is 2.10 bits per heavy atom. The SMILES string of the molecule is O=S(=O)(F)c1ccc(Br)s1. The van der Waals surface area contributed by atoms with Crippen LogP contribution in [0.25, 0.3) is 0 Å². The van der Waals surface area contributed by atoms with Crippen LogP contribution in [0, 0.1) is 0 Å². The summed E-state index contributed by atoms with van der Waals surface area (Å²) in [7, 11) is -4.49. The molecule has 0 aliphatic rings. The smallest absolute Gasteiger partial charge is 0.188 e. The maximum atomic E-state index is 12.1. The fraction of sp³-hybridized carbons (Fsp3) is 0. The van der Waals surface area contributed by atoms with Gasteiger partial charge in [0.15, 0.2) is 4.21 Å². The summed E-state index contributed by atoms with van der Waals surface area (Å²) in [4.78, 5) is 0. The largest absolute Gasteiger partial charge is 0.341 e. The molecular weight excluding hydrogens is 243 g/mol. The lowest BCUT2D eigenvalue weighted by atomic mass is 10.7. The molecule has 56 valence electrons. The summed E-state index contributed by atoms with van der Waals surface area (Å²) in [6, 6.07) is 2.70.